The smallest absolute Gasteiger partial charge is 0.245 e. The van der Waals surface area contributed by atoms with Crippen LogP contribution in [0.4, 0.5) is 0 Å². The lowest BCUT2D eigenvalue weighted by atomic mass is 10.1. The summed E-state index contributed by atoms with van der Waals surface area (Å²) in [6.45, 7) is 7.65. The van der Waals surface area contributed by atoms with E-state index in [-0.39, 0.29) is 0 Å². The third-order valence-electron chi connectivity index (χ3n) is 5.36. The molecule has 5 amide bonds. The van der Waals surface area contributed by atoms with Crippen molar-refractivity contribution in [3.05, 3.63) is 0 Å². The van der Waals surface area contributed by atoms with E-state index in [0.29, 0.717) is 0 Å². The van der Waals surface area contributed by atoms with E-state index in [2.05, 4.69) is 10.6 Å². The molecule has 5 atom stereocenters. The Hall–Kier alpha value is -2.65. The summed E-state index contributed by atoms with van der Waals surface area (Å²) < 4.78 is 0. The second-order valence-electron chi connectivity index (χ2n) is 7.34. The van der Waals surface area contributed by atoms with Crippen molar-refractivity contribution in [3.63, 3.8) is 0 Å². The minimum absolute atomic E-state index is 0.427. The van der Waals surface area contributed by atoms with Gasteiger partial charge in [-0.2, -0.15) is 0 Å². The topological polar surface area (TPSA) is 119 Å². The first-order chi connectivity index (χ1) is 12.8. The molecule has 1 fully saturated rings. The predicted molar refractivity (Wildman–Crippen MR) is 102 cm³/mol. The predicted octanol–water partition coefficient (Wildman–Crippen LogP) is -1.45. The minimum Gasteiger partial charge on any atom is -0.343 e. The van der Waals surface area contributed by atoms with Crippen LogP contribution in [0.5, 0.6) is 0 Å². The van der Waals surface area contributed by atoms with Gasteiger partial charge in [0.2, 0.25) is 29.5 Å². The zero-order valence-electron chi connectivity index (χ0n) is 17.8. The lowest BCUT2D eigenvalue weighted by Crippen LogP contribution is -2.56. The largest absolute Gasteiger partial charge is 0.343 e. The molecule has 0 aliphatic carbocycles. The van der Waals surface area contributed by atoms with E-state index in [9.17, 15) is 24.0 Å². The Morgan fingerprint density at radius 1 is 0.536 bits per heavy atom. The van der Waals surface area contributed by atoms with Crippen LogP contribution in [-0.4, -0.2) is 95.6 Å². The van der Waals surface area contributed by atoms with Crippen LogP contribution in [0.15, 0.2) is 0 Å². The van der Waals surface area contributed by atoms with Gasteiger partial charge in [0, 0.05) is 21.1 Å². The van der Waals surface area contributed by atoms with Crippen LogP contribution in [0.25, 0.3) is 0 Å². The normalized spacial score (nSPS) is 31.9. The Morgan fingerprint density at radius 3 is 1.36 bits per heavy atom. The highest BCUT2D eigenvalue weighted by atomic mass is 16.2. The molecule has 2 N–H and O–H groups in total. The molecular weight excluding hydrogens is 366 g/mol. The van der Waals surface area contributed by atoms with Crippen LogP contribution in [0.1, 0.15) is 34.6 Å². The molecule has 0 saturated carbocycles. The van der Waals surface area contributed by atoms with E-state index >= 15 is 0 Å². The maximum absolute atomic E-state index is 12.8. The number of hydrogen-bond donors (Lipinski definition) is 2. The summed E-state index contributed by atoms with van der Waals surface area (Å²) >= 11 is 0. The van der Waals surface area contributed by atoms with Crippen LogP contribution in [0.3, 0.4) is 0 Å². The Labute approximate surface area is 165 Å². The third kappa shape index (κ3) is 4.79. The monoisotopic (exact) mass is 397 g/mol. The van der Waals surface area contributed by atoms with E-state index in [1.54, 1.807) is 13.8 Å². The highest BCUT2D eigenvalue weighted by Gasteiger charge is 2.35. The Balaban J connectivity index is 3.29. The Kier molecular flexibility index (Phi) is 7.54. The Morgan fingerprint density at radius 2 is 0.893 bits per heavy atom. The zero-order valence-corrected chi connectivity index (χ0v) is 17.8. The number of likely N-dealkylation sites (N-methyl/N-ethyl adjacent to an activating group) is 3. The molecule has 158 valence electrons. The second-order valence-corrected chi connectivity index (χ2v) is 7.34. The van der Waals surface area contributed by atoms with Crippen LogP contribution < -0.4 is 10.6 Å². The molecule has 0 unspecified atom stereocenters. The van der Waals surface area contributed by atoms with E-state index in [1.807, 2.05) is 0 Å². The van der Waals surface area contributed by atoms with E-state index in [0.717, 1.165) is 0 Å². The van der Waals surface area contributed by atoms with Gasteiger partial charge in [-0.05, 0) is 34.6 Å². The van der Waals surface area contributed by atoms with E-state index < -0.39 is 59.7 Å². The summed E-state index contributed by atoms with van der Waals surface area (Å²) in [5, 5.41) is 5.08. The quantitative estimate of drug-likeness (QED) is 0.518. The van der Waals surface area contributed by atoms with Crippen molar-refractivity contribution in [1.29, 1.82) is 0 Å². The SMILES string of the molecule is C[C@@H]1NC(=O)[C@H](C)N(C)C(=O)[C@@H](C)N(C)C(=O)[C@H](C)N(C)C(=O)[C@H](C)NC1=O. The fourth-order valence-electron chi connectivity index (χ4n) is 2.77. The van der Waals surface area contributed by atoms with Crippen LogP contribution in [0.2, 0.25) is 0 Å². The molecule has 0 bridgehead atoms. The molecule has 10 nitrogen and oxygen atoms in total. The van der Waals surface area contributed by atoms with Crippen molar-refractivity contribution >= 4 is 29.5 Å². The molecule has 0 aromatic heterocycles. The molecule has 1 aliphatic heterocycles. The molecule has 1 saturated heterocycles. The molecular formula is C18H31N5O5. The molecule has 1 aliphatic rings. The van der Waals surface area contributed by atoms with E-state index in [1.165, 1.54) is 56.6 Å². The van der Waals surface area contributed by atoms with Crippen molar-refractivity contribution in [1.82, 2.24) is 25.3 Å². The minimum atomic E-state index is -0.900. The number of hydrogen-bond acceptors (Lipinski definition) is 5. The summed E-state index contributed by atoms with van der Waals surface area (Å²) in [7, 11) is 4.40. The van der Waals surface area contributed by atoms with Gasteiger partial charge in [-0.3, -0.25) is 24.0 Å². The van der Waals surface area contributed by atoms with Crippen LogP contribution >= 0.6 is 0 Å². The molecule has 10 heteroatoms. The zero-order chi connectivity index (χ0) is 21.9. The fourth-order valence-corrected chi connectivity index (χ4v) is 2.77. The molecule has 0 aromatic rings. The van der Waals surface area contributed by atoms with Gasteiger partial charge in [0.25, 0.3) is 0 Å². The lowest BCUT2D eigenvalue weighted by molar-refractivity contribution is -0.150. The van der Waals surface area contributed by atoms with Gasteiger partial charge in [0.05, 0.1) is 0 Å². The molecule has 28 heavy (non-hydrogen) atoms. The van der Waals surface area contributed by atoms with Crippen LogP contribution in [-0.2, 0) is 24.0 Å². The summed E-state index contributed by atoms with van der Waals surface area (Å²) in [5.41, 5.74) is 0. The van der Waals surface area contributed by atoms with Gasteiger partial charge in [-0.25, -0.2) is 0 Å². The first kappa shape index (κ1) is 23.4. The molecule has 0 spiro atoms. The van der Waals surface area contributed by atoms with Gasteiger partial charge >= 0.3 is 0 Å². The molecule has 1 heterocycles. The number of nitrogens with one attached hydrogen (secondary N) is 2. The lowest BCUT2D eigenvalue weighted by Gasteiger charge is -2.34. The van der Waals surface area contributed by atoms with Gasteiger partial charge < -0.3 is 25.3 Å². The van der Waals surface area contributed by atoms with Crippen molar-refractivity contribution < 1.29 is 24.0 Å². The van der Waals surface area contributed by atoms with E-state index in [4.69, 9.17) is 0 Å². The summed E-state index contributed by atoms with van der Waals surface area (Å²) in [6, 6.07) is -4.31. The fraction of sp³-hybridized carbons (Fsp3) is 0.722. The summed E-state index contributed by atoms with van der Waals surface area (Å²) in [6.07, 6.45) is 0. The molecule has 0 aromatic carbocycles. The summed E-state index contributed by atoms with van der Waals surface area (Å²) in [5.74, 6) is -2.37. The number of carbonyl (C=O) groups is 5. The van der Waals surface area contributed by atoms with Crippen molar-refractivity contribution in [2.24, 2.45) is 0 Å². The van der Waals surface area contributed by atoms with Crippen LogP contribution in [0, 0.1) is 0 Å². The summed E-state index contributed by atoms with van der Waals surface area (Å²) in [4.78, 5) is 66.5. The van der Waals surface area contributed by atoms with Gasteiger partial charge in [-0.15, -0.1) is 0 Å². The standard InChI is InChI=1S/C18H31N5O5/c1-9-14(24)20-10(2)16(26)22(7)12(4)18(28)23(8)13(5)17(27)21(6)11(3)15(25)19-9/h9-13H,1-8H3,(H,19,25)(H,20,24)/t9-,10-,11-,12-,13+/m0/s1. The maximum Gasteiger partial charge on any atom is 0.245 e. The van der Waals surface area contributed by atoms with Crippen molar-refractivity contribution in [2.75, 3.05) is 21.1 Å². The highest BCUT2D eigenvalue weighted by molar-refractivity contribution is 5.97. The maximum atomic E-state index is 12.8. The molecule has 1 rings (SSSR count). The number of carbonyl (C=O) groups excluding carboxylic acids is 5. The van der Waals surface area contributed by atoms with Crippen molar-refractivity contribution in [3.8, 4) is 0 Å². The number of nitrogens with zero attached hydrogens (tertiary/aromatic N) is 3. The van der Waals surface area contributed by atoms with Gasteiger partial charge in [0.15, 0.2) is 0 Å². The van der Waals surface area contributed by atoms with Gasteiger partial charge in [-0.1, -0.05) is 0 Å². The molecule has 0 radical (unpaired) electrons. The average Bonchev–Trinajstić information content (AvgIpc) is 2.67. The van der Waals surface area contributed by atoms with Crippen molar-refractivity contribution in [2.45, 2.75) is 64.8 Å². The number of rotatable bonds is 0. The highest BCUT2D eigenvalue weighted by Crippen LogP contribution is 2.10. The number of amides is 5. The first-order valence-electron chi connectivity index (χ1n) is 9.22. The average molecular weight is 397 g/mol. The second kappa shape index (κ2) is 9.03. The van der Waals surface area contributed by atoms with Gasteiger partial charge in [0.1, 0.15) is 30.2 Å². The third-order valence-corrected chi connectivity index (χ3v) is 5.36. The first-order valence-corrected chi connectivity index (χ1v) is 9.22. The Bertz CT molecular complexity index is 667.